The number of hydrogen-bond acceptors (Lipinski definition) is 29. The van der Waals surface area contributed by atoms with Crippen molar-refractivity contribution in [1.82, 2.24) is 0 Å². The Hall–Kier alpha value is -11.5. The molecule has 0 bridgehead atoms. The molecule has 73 heavy (non-hydrogen) atoms. The standard InChI is InChI=1S/C44H28O29/c45-15-7(16(46)10(12-25(55)35(65)39(69)36(66)26(12)56)17(47)9(15)11-23(53)33(63)38(68)34(64)24(11)54)1-3-5(21(51)31(61)29(59)19(3)49)2(6-4(1)20(50)30(60)32(62)22(6)52)8-18(48)13-14-28(58)37(67)40(70)42(72)44(14)73-43(13)41(71)27(8)57/h45-72H. The first-order chi connectivity index (χ1) is 34.0. The maximum Gasteiger partial charge on any atom is 0.208 e. The lowest BCUT2D eigenvalue weighted by atomic mass is 9.80. The van der Waals surface area contributed by atoms with Crippen molar-refractivity contribution in [1.29, 1.82) is 0 Å². The molecule has 0 amide bonds. The van der Waals surface area contributed by atoms with E-state index in [9.17, 15) is 143 Å². The monoisotopic (exact) mass is 1020 g/mol. The van der Waals surface area contributed by atoms with Crippen LogP contribution in [0.1, 0.15) is 0 Å². The maximum absolute atomic E-state index is 12.4. The summed E-state index contributed by atoms with van der Waals surface area (Å²) in [5.74, 6) is -49.5. The minimum atomic E-state index is -2.00. The summed E-state index contributed by atoms with van der Waals surface area (Å²) in [4.78, 5) is 0. The molecule has 29 heteroatoms. The summed E-state index contributed by atoms with van der Waals surface area (Å²) in [6.07, 6.45) is 0. The highest BCUT2D eigenvalue weighted by atomic mass is 16.4. The summed E-state index contributed by atoms with van der Waals surface area (Å²) in [7, 11) is 0. The third-order valence-corrected chi connectivity index (χ3v) is 12.1. The Labute approximate surface area is 395 Å². The second kappa shape index (κ2) is 14.5. The van der Waals surface area contributed by atoms with E-state index in [1.807, 2.05) is 0 Å². The number of furan rings is 1. The van der Waals surface area contributed by atoms with E-state index in [1.165, 1.54) is 0 Å². The third-order valence-electron chi connectivity index (χ3n) is 12.1. The first-order valence-corrected chi connectivity index (χ1v) is 19.4. The van der Waals surface area contributed by atoms with Gasteiger partial charge in [-0.3, -0.25) is 0 Å². The highest BCUT2D eigenvalue weighted by Gasteiger charge is 2.42. The fourth-order valence-corrected chi connectivity index (χ4v) is 8.75. The van der Waals surface area contributed by atoms with Gasteiger partial charge in [0.15, 0.2) is 68.7 Å². The third kappa shape index (κ3) is 5.36. The van der Waals surface area contributed by atoms with Crippen LogP contribution in [0.2, 0.25) is 0 Å². The fourth-order valence-electron chi connectivity index (χ4n) is 8.75. The van der Waals surface area contributed by atoms with Gasteiger partial charge in [-0.25, -0.2) is 0 Å². The molecule has 9 aromatic rings. The van der Waals surface area contributed by atoms with E-state index in [-0.39, 0.29) is 0 Å². The summed E-state index contributed by atoms with van der Waals surface area (Å²) >= 11 is 0. The van der Waals surface area contributed by atoms with Crippen molar-refractivity contribution in [2.75, 3.05) is 0 Å². The van der Waals surface area contributed by atoms with Crippen LogP contribution in [-0.2, 0) is 0 Å². The molecule has 0 radical (unpaired) electrons. The molecule has 0 atom stereocenters. The van der Waals surface area contributed by atoms with Crippen LogP contribution in [0.5, 0.6) is 161 Å². The van der Waals surface area contributed by atoms with Crippen LogP contribution < -0.4 is 0 Å². The predicted molar refractivity (Wildman–Crippen MR) is 237 cm³/mol. The molecule has 0 aliphatic rings. The van der Waals surface area contributed by atoms with Gasteiger partial charge >= 0.3 is 0 Å². The average molecular weight is 1020 g/mol. The summed E-state index contributed by atoms with van der Waals surface area (Å²) in [6.45, 7) is 0. The van der Waals surface area contributed by atoms with Gasteiger partial charge in [0.2, 0.25) is 80.5 Å². The topological polar surface area (TPSA) is 580 Å². The van der Waals surface area contributed by atoms with E-state index in [2.05, 4.69) is 0 Å². The second-order valence-electron chi connectivity index (χ2n) is 15.8. The van der Waals surface area contributed by atoms with Gasteiger partial charge < -0.3 is 147 Å². The second-order valence-corrected chi connectivity index (χ2v) is 15.8. The fraction of sp³-hybridized carbons (Fsp3) is 0. The molecule has 8 aromatic carbocycles. The van der Waals surface area contributed by atoms with Crippen LogP contribution in [0.3, 0.4) is 0 Å². The van der Waals surface area contributed by atoms with E-state index in [0.717, 1.165) is 0 Å². The van der Waals surface area contributed by atoms with Crippen molar-refractivity contribution in [2.45, 2.75) is 0 Å². The Kier molecular flexibility index (Phi) is 9.25. The smallest absolute Gasteiger partial charge is 0.208 e. The number of rotatable bonds is 4. The SMILES string of the molecule is Oc1c(O)c(O)c(-c2c(O)c(-c3c(O)c(O)c(O)c(O)c3O)c(O)c(-c3c4c(O)c(O)c(O)c(O)c4c(-c4c(O)c(O)c5oc6c(O)c(O)c(O)c(O)c6c5c4O)c4c(O)c(O)c(O)c(O)c34)c2O)c(O)c1O. The predicted octanol–water partition coefficient (Wildman–Crippen LogP) is 4.32. The molecule has 9 rings (SSSR count). The molecule has 28 N–H and O–H groups in total. The van der Waals surface area contributed by atoms with Crippen molar-refractivity contribution in [3.8, 4) is 205 Å². The van der Waals surface area contributed by atoms with Crippen molar-refractivity contribution in [3.05, 3.63) is 0 Å². The van der Waals surface area contributed by atoms with Gasteiger partial charge in [-0.15, -0.1) is 0 Å². The molecule has 0 unspecified atom stereocenters. The van der Waals surface area contributed by atoms with Gasteiger partial charge in [-0.05, 0) is 0 Å². The molecule has 0 saturated carbocycles. The molecule has 378 valence electrons. The zero-order chi connectivity index (χ0) is 54.1. The molecule has 0 spiro atoms. The zero-order valence-electron chi connectivity index (χ0n) is 34.9. The molecule has 29 nitrogen and oxygen atoms in total. The number of aromatic hydroxyl groups is 28. The Morgan fingerprint density at radius 2 is 0.288 bits per heavy atom. The number of hydrogen-bond donors (Lipinski definition) is 28. The molecular formula is C44H28O29. The first kappa shape index (κ1) is 46.6. The van der Waals surface area contributed by atoms with E-state index >= 15 is 0 Å². The minimum Gasteiger partial charge on any atom is -0.506 e. The quantitative estimate of drug-likeness (QED) is 0.0663. The Morgan fingerprint density at radius 1 is 0.123 bits per heavy atom. The first-order valence-electron chi connectivity index (χ1n) is 19.4. The molecule has 1 heterocycles. The summed E-state index contributed by atoms with van der Waals surface area (Å²) in [5.41, 5.74) is -15.4. The van der Waals surface area contributed by atoms with Crippen LogP contribution in [0.4, 0.5) is 0 Å². The van der Waals surface area contributed by atoms with Crippen LogP contribution in [-0.4, -0.2) is 143 Å². The Morgan fingerprint density at radius 3 is 0.589 bits per heavy atom. The largest absolute Gasteiger partial charge is 0.506 e. The molecular weight excluding hydrogens is 992 g/mol. The normalized spacial score (nSPS) is 11.7. The van der Waals surface area contributed by atoms with Crippen molar-refractivity contribution >= 4 is 43.5 Å². The van der Waals surface area contributed by atoms with Gasteiger partial charge in [0.1, 0.15) is 23.0 Å². The van der Waals surface area contributed by atoms with E-state index < -0.39 is 249 Å². The number of fused-ring (bicyclic) bond motifs is 5. The van der Waals surface area contributed by atoms with Crippen LogP contribution >= 0.6 is 0 Å². The van der Waals surface area contributed by atoms with Gasteiger partial charge in [0.05, 0.1) is 44.2 Å². The molecule has 0 aliphatic carbocycles. The Bertz CT molecular complexity index is 3880. The van der Waals surface area contributed by atoms with Crippen molar-refractivity contribution in [2.24, 2.45) is 0 Å². The number of benzene rings is 8. The average Bonchev–Trinajstić information content (AvgIpc) is 3.77. The molecule has 1 aromatic heterocycles. The van der Waals surface area contributed by atoms with Crippen LogP contribution in [0, 0.1) is 0 Å². The number of phenols is 28. The number of phenolic OH excluding ortho intramolecular Hbond substituents is 28. The van der Waals surface area contributed by atoms with Crippen molar-refractivity contribution in [3.63, 3.8) is 0 Å². The highest BCUT2D eigenvalue weighted by Crippen LogP contribution is 2.71. The van der Waals surface area contributed by atoms with Crippen molar-refractivity contribution < 1.29 is 147 Å². The minimum absolute atomic E-state index is 1.03. The summed E-state index contributed by atoms with van der Waals surface area (Å²) in [6, 6.07) is 0. The maximum atomic E-state index is 12.4. The van der Waals surface area contributed by atoms with Crippen LogP contribution in [0.25, 0.3) is 88.0 Å². The lowest BCUT2D eigenvalue weighted by Crippen LogP contribution is -1.98. The van der Waals surface area contributed by atoms with Gasteiger partial charge in [0, 0.05) is 32.7 Å². The van der Waals surface area contributed by atoms with Gasteiger partial charge in [-0.2, -0.15) is 0 Å². The molecule has 0 fully saturated rings. The van der Waals surface area contributed by atoms with E-state index in [0.29, 0.717) is 0 Å². The summed E-state index contributed by atoms with van der Waals surface area (Å²) in [5, 5.41) is 304. The van der Waals surface area contributed by atoms with E-state index in [1.54, 1.807) is 0 Å². The molecule has 0 saturated heterocycles. The molecule has 0 aliphatic heterocycles. The van der Waals surface area contributed by atoms with Gasteiger partial charge in [-0.1, -0.05) is 0 Å². The highest BCUT2D eigenvalue weighted by molar-refractivity contribution is 6.32. The lowest BCUT2D eigenvalue weighted by molar-refractivity contribution is 0.329. The zero-order valence-corrected chi connectivity index (χ0v) is 34.9. The lowest BCUT2D eigenvalue weighted by Gasteiger charge is -2.26. The summed E-state index contributed by atoms with van der Waals surface area (Å²) < 4.78 is 5.28. The Balaban J connectivity index is 1.66. The van der Waals surface area contributed by atoms with E-state index in [4.69, 9.17) is 4.42 Å². The van der Waals surface area contributed by atoms with Gasteiger partial charge in [0.25, 0.3) is 0 Å². The van der Waals surface area contributed by atoms with Crippen LogP contribution in [0.15, 0.2) is 4.42 Å².